The van der Waals surface area contributed by atoms with Gasteiger partial charge in [-0.3, -0.25) is 14.4 Å². The Morgan fingerprint density at radius 3 is 0.952 bits per heavy atom. The van der Waals surface area contributed by atoms with E-state index in [0.717, 1.165) is 64.2 Å². The summed E-state index contributed by atoms with van der Waals surface area (Å²) in [5.41, 5.74) is 0. The molecule has 0 unspecified atom stereocenters. The highest BCUT2D eigenvalue weighted by atomic mass is 16.6. The topological polar surface area (TPSA) is 78.9 Å². The minimum Gasteiger partial charge on any atom is -0.462 e. The molecule has 0 aliphatic rings. The molecule has 0 bridgehead atoms. The van der Waals surface area contributed by atoms with Crippen LogP contribution in [0.3, 0.4) is 0 Å². The Kier molecular flexibility index (Phi) is 31.1. The van der Waals surface area contributed by atoms with Crippen molar-refractivity contribution in [2.45, 2.75) is 200 Å². The lowest BCUT2D eigenvalue weighted by Gasteiger charge is -2.18. The highest BCUT2D eigenvalue weighted by Crippen LogP contribution is 2.14. The zero-order valence-corrected chi connectivity index (χ0v) is 28.0. The first-order valence-electron chi connectivity index (χ1n) is 18.0. The molecule has 0 aliphatic heterocycles. The number of esters is 3. The van der Waals surface area contributed by atoms with Crippen LogP contribution in [0.25, 0.3) is 0 Å². The molecule has 0 saturated heterocycles. The predicted molar refractivity (Wildman–Crippen MR) is 173 cm³/mol. The largest absolute Gasteiger partial charge is 0.462 e. The molecule has 0 fully saturated rings. The quantitative estimate of drug-likeness (QED) is 0.0436. The minimum absolute atomic E-state index is 0.0657. The van der Waals surface area contributed by atoms with Crippen molar-refractivity contribution in [2.75, 3.05) is 13.2 Å². The monoisotopic (exact) mass is 597 g/mol. The molecule has 0 aromatic carbocycles. The Morgan fingerprint density at radius 1 is 0.381 bits per heavy atom. The van der Waals surface area contributed by atoms with Crippen molar-refractivity contribution in [1.29, 1.82) is 0 Å². The second-order valence-electron chi connectivity index (χ2n) is 12.2. The zero-order chi connectivity index (χ0) is 30.9. The number of unbranched alkanes of at least 4 members (excludes halogenated alkanes) is 21. The molecule has 1 atom stereocenters. The molecule has 0 heterocycles. The smallest absolute Gasteiger partial charge is 0.306 e. The summed E-state index contributed by atoms with van der Waals surface area (Å²) in [7, 11) is 0. The molecule has 0 aromatic heterocycles. The van der Waals surface area contributed by atoms with Crippen molar-refractivity contribution >= 4 is 17.9 Å². The molecule has 0 rings (SSSR count). The van der Waals surface area contributed by atoms with E-state index in [0.29, 0.717) is 19.3 Å². The van der Waals surface area contributed by atoms with Gasteiger partial charge in [-0.2, -0.15) is 0 Å². The van der Waals surface area contributed by atoms with Crippen molar-refractivity contribution in [1.82, 2.24) is 0 Å². The van der Waals surface area contributed by atoms with Gasteiger partial charge in [0, 0.05) is 19.3 Å². The van der Waals surface area contributed by atoms with Gasteiger partial charge in [0.1, 0.15) is 13.2 Å². The van der Waals surface area contributed by atoms with Crippen LogP contribution in [0.5, 0.6) is 0 Å². The molecule has 0 amide bonds. The Balaban J connectivity index is 4.30. The van der Waals surface area contributed by atoms with Crippen LogP contribution in [0.4, 0.5) is 0 Å². The van der Waals surface area contributed by atoms with E-state index in [1.54, 1.807) is 0 Å². The third-order valence-electron chi connectivity index (χ3n) is 7.86. The Morgan fingerprint density at radius 2 is 0.643 bits per heavy atom. The minimum atomic E-state index is -0.753. The maximum atomic E-state index is 12.5. The van der Waals surface area contributed by atoms with Gasteiger partial charge >= 0.3 is 17.9 Å². The standard InChI is InChI=1S/C36H68O6/c1-4-7-10-13-15-17-19-21-24-27-30-36(39)42-33(31-40-34(37)28-25-22-12-9-6-3)32-41-35(38)29-26-23-20-18-16-14-11-8-5-2/h33H,4-32H2,1-3H3/t33-/m1/s1. The van der Waals surface area contributed by atoms with Crippen molar-refractivity contribution in [2.24, 2.45) is 0 Å². The van der Waals surface area contributed by atoms with Crippen molar-refractivity contribution < 1.29 is 28.6 Å². The fourth-order valence-corrected chi connectivity index (χ4v) is 5.09. The second kappa shape index (κ2) is 32.3. The summed E-state index contributed by atoms with van der Waals surface area (Å²) in [6.07, 6.45) is 28.3. The Labute approximate surface area is 259 Å². The van der Waals surface area contributed by atoms with Crippen LogP contribution in [-0.2, 0) is 28.6 Å². The Hall–Kier alpha value is -1.59. The summed E-state index contributed by atoms with van der Waals surface area (Å²) in [6.45, 7) is 6.50. The highest BCUT2D eigenvalue weighted by molar-refractivity contribution is 5.71. The van der Waals surface area contributed by atoms with Crippen LogP contribution >= 0.6 is 0 Å². The zero-order valence-electron chi connectivity index (χ0n) is 28.0. The first kappa shape index (κ1) is 40.4. The average molecular weight is 597 g/mol. The molecular weight excluding hydrogens is 528 g/mol. The number of rotatable bonds is 32. The van der Waals surface area contributed by atoms with Crippen LogP contribution in [0.2, 0.25) is 0 Å². The van der Waals surface area contributed by atoms with Crippen LogP contribution < -0.4 is 0 Å². The maximum absolute atomic E-state index is 12.5. The van der Waals surface area contributed by atoms with Crippen LogP contribution in [-0.4, -0.2) is 37.2 Å². The fraction of sp³-hybridized carbons (Fsp3) is 0.917. The van der Waals surface area contributed by atoms with Gasteiger partial charge in [-0.05, 0) is 19.3 Å². The van der Waals surface area contributed by atoms with Gasteiger partial charge in [0.05, 0.1) is 0 Å². The molecule has 0 N–H and O–H groups in total. The molecule has 248 valence electrons. The maximum Gasteiger partial charge on any atom is 0.306 e. The molecule has 0 radical (unpaired) electrons. The van der Waals surface area contributed by atoms with Crippen LogP contribution in [0.15, 0.2) is 0 Å². The second-order valence-corrected chi connectivity index (χ2v) is 12.2. The van der Waals surface area contributed by atoms with E-state index in [2.05, 4.69) is 20.8 Å². The normalized spacial score (nSPS) is 11.8. The molecule has 42 heavy (non-hydrogen) atoms. The van der Waals surface area contributed by atoms with E-state index in [1.807, 2.05) is 0 Å². The predicted octanol–water partition coefficient (Wildman–Crippen LogP) is 10.6. The van der Waals surface area contributed by atoms with Gasteiger partial charge in [0.2, 0.25) is 0 Å². The fourth-order valence-electron chi connectivity index (χ4n) is 5.09. The van der Waals surface area contributed by atoms with Gasteiger partial charge in [0.15, 0.2) is 6.10 Å². The van der Waals surface area contributed by atoms with Crippen LogP contribution in [0.1, 0.15) is 194 Å². The van der Waals surface area contributed by atoms with E-state index in [9.17, 15) is 14.4 Å². The average Bonchev–Trinajstić information content (AvgIpc) is 2.98. The van der Waals surface area contributed by atoms with Gasteiger partial charge in [-0.15, -0.1) is 0 Å². The van der Waals surface area contributed by atoms with E-state index in [1.165, 1.54) is 89.9 Å². The molecular formula is C36H68O6. The highest BCUT2D eigenvalue weighted by Gasteiger charge is 2.19. The molecule has 0 aromatic rings. The lowest BCUT2D eigenvalue weighted by atomic mass is 10.1. The summed E-state index contributed by atoms with van der Waals surface area (Å²) in [4.78, 5) is 37.0. The van der Waals surface area contributed by atoms with Gasteiger partial charge in [-0.25, -0.2) is 0 Å². The van der Waals surface area contributed by atoms with Gasteiger partial charge in [-0.1, -0.05) is 156 Å². The third-order valence-corrected chi connectivity index (χ3v) is 7.86. The summed E-state index contributed by atoms with van der Waals surface area (Å²) in [5, 5.41) is 0. The van der Waals surface area contributed by atoms with Gasteiger partial charge < -0.3 is 14.2 Å². The molecule has 0 spiro atoms. The summed E-state index contributed by atoms with van der Waals surface area (Å²) < 4.78 is 16.4. The molecule has 6 heteroatoms. The lowest BCUT2D eigenvalue weighted by molar-refractivity contribution is -0.167. The van der Waals surface area contributed by atoms with Crippen molar-refractivity contribution in [3.05, 3.63) is 0 Å². The lowest BCUT2D eigenvalue weighted by Crippen LogP contribution is -2.30. The number of hydrogen-bond donors (Lipinski definition) is 0. The van der Waals surface area contributed by atoms with E-state index in [4.69, 9.17) is 14.2 Å². The third kappa shape index (κ3) is 29.9. The van der Waals surface area contributed by atoms with Crippen molar-refractivity contribution in [3.63, 3.8) is 0 Å². The number of hydrogen-bond acceptors (Lipinski definition) is 6. The summed E-state index contributed by atoms with van der Waals surface area (Å²) >= 11 is 0. The number of carbonyl (C=O) groups excluding carboxylic acids is 3. The summed E-state index contributed by atoms with van der Waals surface area (Å²) in [5.74, 6) is -0.885. The number of ether oxygens (including phenoxy) is 3. The van der Waals surface area contributed by atoms with Crippen LogP contribution in [0, 0.1) is 0 Å². The Bertz CT molecular complexity index is 620. The first-order chi connectivity index (χ1) is 20.5. The number of carbonyl (C=O) groups is 3. The SMILES string of the molecule is CCCCCCCCCCCCC(=O)O[C@H](COC(=O)CCCCCCC)COC(=O)CCCCCCCCCCC. The molecule has 0 aliphatic carbocycles. The first-order valence-corrected chi connectivity index (χ1v) is 18.0. The van der Waals surface area contributed by atoms with E-state index in [-0.39, 0.29) is 31.1 Å². The summed E-state index contributed by atoms with van der Waals surface area (Å²) in [6, 6.07) is 0. The van der Waals surface area contributed by atoms with E-state index < -0.39 is 6.10 Å². The molecule has 0 saturated carbocycles. The molecule has 6 nitrogen and oxygen atoms in total. The van der Waals surface area contributed by atoms with Gasteiger partial charge in [0.25, 0.3) is 0 Å². The van der Waals surface area contributed by atoms with Crippen molar-refractivity contribution in [3.8, 4) is 0 Å². The van der Waals surface area contributed by atoms with E-state index >= 15 is 0 Å².